The molecule has 0 saturated carbocycles. The van der Waals surface area contributed by atoms with Gasteiger partial charge in [0.05, 0.1) is 5.69 Å². The van der Waals surface area contributed by atoms with E-state index in [1.807, 2.05) is 45.0 Å². The monoisotopic (exact) mass is 415 g/mol. The minimum atomic E-state index is -0.493. The quantitative estimate of drug-likeness (QED) is 0.775. The topological polar surface area (TPSA) is 61.8 Å². The van der Waals surface area contributed by atoms with E-state index in [0.717, 1.165) is 28.1 Å². The molecule has 1 fully saturated rings. The van der Waals surface area contributed by atoms with E-state index in [1.54, 1.807) is 19.2 Å². The molecule has 7 heteroatoms. The lowest BCUT2D eigenvalue weighted by Crippen LogP contribution is -2.30. The van der Waals surface area contributed by atoms with Gasteiger partial charge < -0.3 is 5.32 Å². The van der Waals surface area contributed by atoms with Gasteiger partial charge in [-0.1, -0.05) is 47.6 Å². The maximum Gasteiger partial charge on any atom is 0.242 e. The van der Waals surface area contributed by atoms with Gasteiger partial charge in [-0.2, -0.15) is 0 Å². The molecule has 3 rings (SSSR count). The Balaban J connectivity index is 1.74. The van der Waals surface area contributed by atoms with Crippen LogP contribution in [0.3, 0.4) is 0 Å². The molecule has 2 amide bonds. The minimum absolute atomic E-state index is 0.0924. The van der Waals surface area contributed by atoms with E-state index >= 15 is 0 Å². The lowest BCUT2D eigenvalue weighted by atomic mass is 10.1. The number of aliphatic imine (C=N–C) groups is 1. The lowest BCUT2D eigenvalue weighted by Gasteiger charge is -2.12. The number of aryl methyl sites for hydroxylation is 3. The van der Waals surface area contributed by atoms with Gasteiger partial charge in [-0.05, 0) is 49.6 Å². The van der Waals surface area contributed by atoms with Gasteiger partial charge >= 0.3 is 0 Å². The molecule has 0 radical (unpaired) electrons. The zero-order chi connectivity index (χ0) is 20.4. The van der Waals surface area contributed by atoms with Crippen molar-refractivity contribution in [3.63, 3.8) is 0 Å². The van der Waals surface area contributed by atoms with Gasteiger partial charge in [-0.25, -0.2) is 4.99 Å². The smallest absolute Gasteiger partial charge is 0.242 e. The third kappa shape index (κ3) is 4.39. The molecule has 0 spiro atoms. The Kier molecular flexibility index (Phi) is 6.10. The number of nitrogens with zero attached hydrogens (tertiary/aromatic N) is 2. The Labute approximate surface area is 174 Å². The molecule has 0 bridgehead atoms. The van der Waals surface area contributed by atoms with Crippen molar-refractivity contribution in [2.24, 2.45) is 4.99 Å². The van der Waals surface area contributed by atoms with E-state index in [4.69, 9.17) is 11.6 Å². The maximum atomic E-state index is 12.6. The molecule has 146 valence electrons. The molecule has 5 nitrogen and oxygen atoms in total. The highest BCUT2D eigenvalue weighted by molar-refractivity contribution is 8.15. The van der Waals surface area contributed by atoms with Crippen LogP contribution in [0.4, 0.5) is 11.4 Å². The molecule has 1 aliphatic heterocycles. The van der Waals surface area contributed by atoms with Gasteiger partial charge in [0.25, 0.3) is 0 Å². The van der Waals surface area contributed by atoms with Crippen molar-refractivity contribution in [1.29, 1.82) is 0 Å². The Morgan fingerprint density at radius 3 is 2.54 bits per heavy atom. The van der Waals surface area contributed by atoms with E-state index in [-0.39, 0.29) is 18.2 Å². The number of hydrogen-bond donors (Lipinski definition) is 1. The van der Waals surface area contributed by atoms with Gasteiger partial charge in [0.1, 0.15) is 5.25 Å². The van der Waals surface area contributed by atoms with Crippen LogP contribution in [0.2, 0.25) is 5.02 Å². The number of nitrogens with one attached hydrogen (secondary N) is 1. The van der Waals surface area contributed by atoms with Crippen LogP contribution in [0, 0.1) is 20.8 Å². The fraction of sp³-hybridized carbons (Fsp3) is 0.286. The summed E-state index contributed by atoms with van der Waals surface area (Å²) in [7, 11) is 1.68. The van der Waals surface area contributed by atoms with Gasteiger partial charge in [0, 0.05) is 24.2 Å². The molecule has 2 aromatic rings. The molecule has 1 heterocycles. The summed E-state index contributed by atoms with van der Waals surface area (Å²) in [4.78, 5) is 31.2. The van der Waals surface area contributed by atoms with Crippen molar-refractivity contribution in [3.05, 3.63) is 58.1 Å². The number of carbonyl (C=O) groups excluding carboxylic acids is 2. The molecule has 0 aromatic heterocycles. The predicted molar refractivity (Wildman–Crippen MR) is 117 cm³/mol. The average molecular weight is 416 g/mol. The van der Waals surface area contributed by atoms with Gasteiger partial charge in [0.15, 0.2) is 5.17 Å². The lowest BCUT2D eigenvalue weighted by molar-refractivity contribution is -0.127. The number of carbonyl (C=O) groups is 2. The van der Waals surface area contributed by atoms with Crippen LogP contribution in [-0.4, -0.2) is 34.2 Å². The summed E-state index contributed by atoms with van der Waals surface area (Å²) in [5.41, 5.74) is 4.48. The summed E-state index contributed by atoms with van der Waals surface area (Å²) < 4.78 is 0. The minimum Gasteiger partial charge on any atom is -0.326 e. The number of amidine groups is 1. The van der Waals surface area contributed by atoms with Crippen molar-refractivity contribution in [3.8, 4) is 0 Å². The molecule has 1 saturated heterocycles. The van der Waals surface area contributed by atoms with E-state index in [9.17, 15) is 9.59 Å². The van der Waals surface area contributed by atoms with Crippen LogP contribution in [0.25, 0.3) is 0 Å². The molecule has 1 unspecified atom stereocenters. The van der Waals surface area contributed by atoms with Crippen molar-refractivity contribution in [1.82, 2.24) is 4.90 Å². The second kappa shape index (κ2) is 8.37. The summed E-state index contributed by atoms with van der Waals surface area (Å²) in [5, 5.41) is 3.61. The van der Waals surface area contributed by atoms with Crippen LogP contribution in [0.15, 0.2) is 41.4 Å². The van der Waals surface area contributed by atoms with Crippen LogP contribution in [0.1, 0.15) is 23.1 Å². The van der Waals surface area contributed by atoms with Gasteiger partial charge in [-0.3, -0.25) is 14.5 Å². The highest BCUT2D eigenvalue weighted by Gasteiger charge is 2.37. The van der Waals surface area contributed by atoms with E-state index in [1.165, 1.54) is 16.7 Å². The molecule has 1 N–H and O–H groups in total. The number of para-hydroxylation sites is 1. The summed E-state index contributed by atoms with van der Waals surface area (Å²) in [6, 6.07) is 11.3. The highest BCUT2D eigenvalue weighted by atomic mass is 35.5. The number of anilines is 1. The summed E-state index contributed by atoms with van der Waals surface area (Å²) in [6.45, 7) is 5.83. The first-order chi connectivity index (χ1) is 13.3. The predicted octanol–water partition coefficient (Wildman–Crippen LogP) is 4.86. The molecule has 2 aromatic carbocycles. The van der Waals surface area contributed by atoms with Crippen molar-refractivity contribution >= 4 is 51.7 Å². The van der Waals surface area contributed by atoms with Crippen molar-refractivity contribution < 1.29 is 9.59 Å². The van der Waals surface area contributed by atoms with Crippen molar-refractivity contribution in [2.75, 3.05) is 12.4 Å². The molecular formula is C21H22ClN3O2S. The maximum absolute atomic E-state index is 12.6. The van der Waals surface area contributed by atoms with Crippen LogP contribution < -0.4 is 5.32 Å². The molecule has 0 aliphatic carbocycles. The first-order valence-electron chi connectivity index (χ1n) is 8.91. The number of hydrogen-bond acceptors (Lipinski definition) is 4. The third-order valence-corrected chi connectivity index (χ3v) is 6.11. The second-order valence-electron chi connectivity index (χ2n) is 6.85. The van der Waals surface area contributed by atoms with Gasteiger partial charge in [-0.15, -0.1) is 0 Å². The highest BCUT2D eigenvalue weighted by Crippen LogP contribution is 2.32. The fourth-order valence-electron chi connectivity index (χ4n) is 2.97. The van der Waals surface area contributed by atoms with Crippen molar-refractivity contribution in [2.45, 2.75) is 32.4 Å². The number of thioether (sulfide) groups is 1. The molecule has 1 atom stereocenters. The van der Waals surface area contributed by atoms with E-state index < -0.39 is 5.25 Å². The summed E-state index contributed by atoms with van der Waals surface area (Å²) in [6.07, 6.45) is 0.0924. The van der Waals surface area contributed by atoms with Crippen LogP contribution in [0.5, 0.6) is 0 Å². The largest absolute Gasteiger partial charge is 0.326 e. The van der Waals surface area contributed by atoms with Crippen LogP contribution >= 0.6 is 23.4 Å². The standard InChI is InChI=1S/C21H22ClN3O2S/c1-12-8-9-15(22)10-16(12)23-21-25(4)20(27)17(28-21)11-18(26)24-19-13(2)6-5-7-14(19)3/h5-10,17H,11H2,1-4H3,(H,24,26). The molecular weight excluding hydrogens is 394 g/mol. The number of rotatable bonds is 4. The Bertz CT molecular complexity index is 954. The van der Waals surface area contributed by atoms with E-state index in [0.29, 0.717) is 10.2 Å². The molecule has 28 heavy (non-hydrogen) atoms. The summed E-state index contributed by atoms with van der Waals surface area (Å²) >= 11 is 7.36. The number of amides is 2. The normalized spacial score (nSPS) is 18.0. The van der Waals surface area contributed by atoms with E-state index in [2.05, 4.69) is 10.3 Å². The first kappa shape index (κ1) is 20.4. The fourth-order valence-corrected chi connectivity index (χ4v) is 4.29. The first-order valence-corrected chi connectivity index (χ1v) is 10.2. The molecule has 1 aliphatic rings. The Morgan fingerprint density at radius 2 is 1.86 bits per heavy atom. The third-order valence-electron chi connectivity index (χ3n) is 4.64. The SMILES string of the molecule is Cc1ccc(Cl)cc1N=C1SC(CC(=O)Nc2c(C)cccc2C)C(=O)N1C. The zero-order valence-corrected chi connectivity index (χ0v) is 17.8. The Morgan fingerprint density at radius 1 is 1.18 bits per heavy atom. The number of benzene rings is 2. The second-order valence-corrected chi connectivity index (χ2v) is 8.45. The average Bonchev–Trinajstić information content (AvgIpc) is 2.89. The zero-order valence-electron chi connectivity index (χ0n) is 16.2. The summed E-state index contributed by atoms with van der Waals surface area (Å²) in [5.74, 6) is -0.308. The van der Waals surface area contributed by atoms with Crippen LogP contribution in [-0.2, 0) is 9.59 Å². The Hall–Kier alpha value is -2.31. The number of halogens is 1. The van der Waals surface area contributed by atoms with Gasteiger partial charge in [0.2, 0.25) is 11.8 Å².